The van der Waals surface area contributed by atoms with Gasteiger partial charge >= 0.3 is 0 Å². The standard InChI is InChI=1S/C17H15FO2S/c1-10-7-13(20-2)5-6-14(10)17(19)16-8-11-3-4-12(18)9-15(11)21-16/h3-9,17,19H,1-2H3. The first-order chi connectivity index (χ1) is 10.1. The second-order valence-corrected chi connectivity index (χ2v) is 6.07. The molecule has 0 amide bonds. The maximum absolute atomic E-state index is 13.2. The second-order valence-electron chi connectivity index (χ2n) is 4.96. The van der Waals surface area contributed by atoms with Gasteiger partial charge in [-0.3, -0.25) is 0 Å². The van der Waals surface area contributed by atoms with E-state index in [0.29, 0.717) is 0 Å². The summed E-state index contributed by atoms with van der Waals surface area (Å²) >= 11 is 1.41. The lowest BCUT2D eigenvalue weighted by Crippen LogP contribution is -2.00. The molecule has 21 heavy (non-hydrogen) atoms. The fourth-order valence-electron chi connectivity index (χ4n) is 2.40. The quantitative estimate of drug-likeness (QED) is 0.775. The molecule has 1 unspecified atom stereocenters. The lowest BCUT2D eigenvalue weighted by molar-refractivity contribution is 0.223. The van der Waals surface area contributed by atoms with Crippen molar-refractivity contribution < 1.29 is 14.2 Å². The molecule has 108 valence electrons. The van der Waals surface area contributed by atoms with E-state index in [1.807, 2.05) is 31.2 Å². The Morgan fingerprint density at radius 1 is 1.14 bits per heavy atom. The third-order valence-electron chi connectivity index (χ3n) is 3.54. The van der Waals surface area contributed by atoms with E-state index in [1.54, 1.807) is 13.2 Å². The Kier molecular flexibility index (Phi) is 3.66. The van der Waals surface area contributed by atoms with Crippen LogP contribution in [0.2, 0.25) is 0 Å². The number of hydrogen-bond donors (Lipinski definition) is 1. The summed E-state index contributed by atoms with van der Waals surface area (Å²) in [5, 5.41) is 11.5. The van der Waals surface area contributed by atoms with E-state index in [2.05, 4.69) is 0 Å². The molecule has 3 rings (SSSR count). The molecule has 1 aromatic heterocycles. The molecule has 0 bridgehead atoms. The van der Waals surface area contributed by atoms with E-state index in [9.17, 15) is 9.50 Å². The third kappa shape index (κ3) is 2.64. The van der Waals surface area contributed by atoms with E-state index in [1.165, 1.54) is 23.5 Å². The molecule has 0 radical (unpaired) electrons. The first kappa shape index (κ1) is 14.0. The Labute approximate surface area is 126 Å². The molecule has 0 spiro atoms. The molecule has 4 heteroatoms. The largest absolute Gasteiger partial charge is 0.497 e. The molecule has 0 fully saturated rings. The molecule has 0 aliphatic rings. The minimum atomic E-state index is -0.712. The molecule has 2 aromatic carbocycles. The van der Waals surface area contributed by atoms with Crippen LogP contribution in [-0.2, 0) is 0 Å². The lowest BCUT2D eigenvalue weighted by Gasteiger charge is -2.13. The van der Waals surface area contributed by atoms with Gasteiger partial charge in [-0.25, -0.2) is 4.39 Å². The number of rotatable bonds is 3. The van der Waals surface area contributed by atoms with Gasteiger partial charge in [0.05, 0.1) is 7.11 Å². The average Bonchev–Trinajstić information content (AvgIpc) is 2.89. The number of benzene rings is 2. The maximum Gasteiger partial charge on any atom is 0.124 e. The van der Waals surface area contributed by atoms with Crippen molar-refractivity contribution in [1.82, 2.24) is 0 Å². The van der Waals surface area contributed by atoms with Crippen molar-refractivity contribution in [3.8, 4) is 5.75 Å². The number of thiophene rings is 1. The number of methoxy groups -OCH3 is 1. The van der Waals surface area contributed by atoms with Crippen molar-refractivity contribution in [2.75, 3.05) is 7.11 Å². The van der Waals surface area contributed by atoms with Gasteiger partial charge in [-0.1, -0.05) is 12.1 Å². The Bertz CT molecular complexity index is 795. The summed E-state index contributed by atoms with van der Waals surface area (Å²) in [4.78, 5) is 0.809. The Morgan fingerprint density at radius 3 is 2.67 bits per heavy atom. The van der Waals surface area contributed by atoms with Crippen LogP contribution in [0.25, 0.3) is 10.1 Å². The zero-order valence-electron chi connectivity index (χ0n) is 11.8. The van der Waals surface area contributed by atoms with Gasteiger partial charge in [0, 0.05) is 9.58 Å². The molecule has 0 aliphatic heterocycles. The van der Waals surface area contributed by atoms with E-state index in [-0.39, 0.29) is 5.82 Å². The van der Waals surface area contributed by atoms with Crippen molar-refractivity contribution in [3.05, 3.63) is 64.3 Å². The van der Waals surface area contributed by atoms with Gasteiger partial charge in [-0.2, -0.15) is 0 Å². The fraction of sp³-hybridized carbons (Fsp3) is 0.176. The Hall–Kier alpha value is -1.91. The number of hydrogen-bond acceptors (Lipinski definition) is 3. The number of aliphatic hydroxyl groups excluding tert-OH is 1. The van der Waals surface area contributed by atoms with E-state index >= 15 is 0 Å². The summed E-state index contributed by atoms with van der Waals surface area (Å²) in [7, 11) is 1.62. The smallest absolute Gasteiger partial charge is 0.124 e. The van der Waals surface area contributed by atoms with Crippen LogP contribution in [0.1, 0.15) is 22.1 Å². The molecular formula is C17H15FO2S. The van der Waals surface area contributed by atoms with Crippen LogP contribution in [-0.4, -0.2) is 12.2 Å². The van der Waals surface area contributed by atoms with Crippen molar-refractivity contribution in [2.45, 2.75) is 13.0 Å². The first-order valence-corrected chi connectivity index (χ1v) is 7.42. The van der Waals surface area contributed by atoms with Crippen molar-refractivity contribution in [2.24, 2.45) is 0 Å². The van der Waals surface area contributed by atoms with Gasteiger partial charge in [0.15, 0.2) is 0 Å². The highest BCUT2D eigenvalue weighted by Crippen LogP contribution is 2.35. The predicted octanol–water partition coefficient (Wildman–Crippen LogP) is 4.44. The second kappa shape index (κ2) is 5.47. The van der Waals surface area contributed by atoms with E-state index in [4.69, 9.17) is 4.74 Å². The zero-order chi connectivity index (χ0) is 15.0. The number of fused-ring (bicyclic) bond motifs is 1. The van der Waals surface area contributed by atoms with Crippen molar-refractivity contribution in [3.63, 3.8) is 0 Å². The monoisotopic (exact) mass is 302 g/mol. The normalized spacial score (nSPS) is 12.6. The van der Waals surface area contributed by atoms with Crippen LogP contribution in [0.3, 0.4) is 0 Å². The maximum atomic E-state index is 13.2. The number of ether oxygens (including phenoxy) is 1. The van der Waals surface area contributed by atoms with Crippen LogP contribution < -0.4 is 4.74 Å². The van der Waals surface area contributed by atoms with Crippen molar-refractivity contribution >= 4 is 21.4 Å². The van der Waals surface area contributed by atoms with Gasteiger partial charge in [-0.05, 0) is 53.8 Å². The zero-order valence-corrected chi connectivity index (χ0v) is 12.6. The molecule has 1 atom stereocenters. The predicted molar refractivity (Wildman–Crippen MR) is 83.6 cm³/mol. The SMILES string of the molecule is COc1ccc(C(O)c2cc3ccc(F)cc3s2)c(C)c1. The third-order valence-corrected chi connectivity index (χ3v) is 4.69. The minimum Gasteiger partial charge on any atom is -0.497 e. The highest BCUT2D eigenvalue weighted by atomic mass is 32.1. The van der Waals surface area contributed by atoms with E-state index in [0.717, 1.165) is 31.8 Å². The highest BCUT2D eigenvalue weighted by molar-refractivity contribution is 7.19. The van der Waals surface area contributed by atoms with Gasteiger partial charge in [0.25, 0.3) is 0 Å². The molecular weight excluding hydrogens is 287 g/mol. The number of aliphatic hydroxyl groups is 1. The topological polar surface area (TPSA) is 29.5 Å². The molecule has 3 aromatic rings. The van der Waals surface area contributed by atoms with Crippen LogP contribution in [0.5, 0.6) is 5.75 Å². The summed E-state index contributed by atoms with van der Waals surface area (Å²) in [5.74, 6) is 0.507. The summed E-state index contributed by atoms with van der Waals surface area (Å²) in [6, 6.07) is 12.2. The molecule has 1 heterocycles. The van der Waals surface area contributed by atoms with E-state index < -0.39 is 6.10 Å². The lowest BCUT2D eigenvalue weighted by atomic mass is 10.0. The van der Waals surface area contributed by atoms with Crippen LogP contribution in [0.15, 0.2) is 42.5 Å². The summed E-state index contributed by atoms with van der Waals surface area (Å²) in [5.41, 5.74) is 1.80. The summed E-state index contributed by atoms with van der Waals surface area (Å²) in [6.45, 7) is 1.94. The molecule has 0 saturated heterocycles. The molecule has 0 aliphatic carbocycles. The van der Waals surface area contributed by atoms with Gasteiger partial charge in [0.2, 0.25) is 0 Å². The first-order valence-electron chi connectivity index (χ1n) is 6.60. The number of aryl methyl sites for hydroxylation is 1. The fourth-order valence-corrected chi connectivity index (χ4v) is 3.49. The summed E-state index contributed by atoms with van der Waals surface area (Å²) in [6.07, 6.45) is -0.712. The highest BCUT2D eigenvalue weighted by Gasteiger charge is 2.16. The molecule has 1 N–H and O–H groups in total. The average molecular weight is 302 g/mol. The number of halogens is 1. The minimum absolute atomic E-state index is 0.258. The van der Waals surface area contributed by atoms with Crippen LogP contribution in [0, 0.1) is 12.7 Å². The Balaban J connectivity index is 2.01. The van der Waals surface area contributed by atoms with Gasteiger partial charge in [0.1, 0.15) is 17.7 Å². The van der Waals surface area contributed by atoms with Crippen LogP contribution >= 0.6 is 11.3 Å². The molecule has 2 nitrogen and oxygen atoms in total. The Morgan fingerprint density at radius 2 is 1.95 bits per heavy atom. The van der Waals surface area contributed by atoms with Crippen molar-refractivity contribution in [1.29, 1.82) is 0 Å². The van der Waals surface area contributed by atoms with Gasteiger partial charge in [-0.15, -0.1) is 11.3 Å². The van der Waals surface area contributed by atoms with Crippen LogP contribution in [0.4, 0.5) is 4.39 Å². The molecule has 0 saturated carbocycles. The van der Waals surface area contributed by atoms with Gasteiger partial charge < -0.3 is 9.84 Å². The summed E-state index contributed by atoms with van der Waals surface area (Å²) < 4.78 is 19.3.